The lowest BCUT2D eigenvalue weighted by atomic mass is 9.91. The maximum absolute atomic E-state index is 14.3. The van der Waals surface area contributed by atoms with E-state index in [2.05, 4.69) is 10.6 Å². The molecule has 0 bridgehead atoms. The molecule has 0 spiro atoms. The molecule has 128 valence electrons. The fourth-order valence-corrected chi connectivity index (χ4v) is 3.59. The van der Waals surface area contributed by atoms with Gasteiger partial charge in [0, 0.05) is 28.7 Å². The van der Waals surface area contributed by atoms with Gasteiger partial charge in [0.25, 0.3) is 0 Å². The summed E-state index contributed by atoms with van der Waals surface area (Å²) in [4.78, 5) is 0. The Morgan fingerprint density at radius 1 is 1.25 bits per heavy atom. The molecule has 0 aliphatic carbocycles. The van der Waals surface area contributed by atoms with Crippen molar-refractivity contribution in [3.63, 3.8) is 0 Å². The highest BCUT2D eigenvalue weighted by Crippen LogP contribution is 2.31. The summed E-state index contributed by atoms with van der Waals surface area (Å²) in [5.41, 5.74) is 1.64. The molecule has 3 rings (SSSR count). The van der Waals surface area contributed by atoms with Gasteiger partial charge in [-0.05, 0) is 37.6 Å². The van der Waals surface area contributed by atoms with Crippen molar-refractivity contribution >= 4 is 11.6 Å². The second kappa shape index (κ2) is 7.97. The molecule has 1 aliphatic heterocycles. The summed E-state index contributed by atoms with van der Waals surface area (Å²) in [5, 5.41) is 7.43. The molecule has 2 aromatic carbocycles. The highest BCUT2D eigenvalue weighted by molar-refractivity contribution is 6.31. The normalized spacial score (nSPS) is 20.8. The van der Waals surface area contributed by atoms with E-state index < -0.39 is 0 Å². The van der Waals surface area contributed by atoms with Crippen molar-refractivity contribution in [2.24, 2.45) is 0 Å². The van der Waals surface area contributed by atoms with E-state index >= 15 is 0 Å². The van der Waals surface area contributed by atoms with Crippen LogP contribution >= 0.6 is 11.6 Å². The molecule has 1 aliphatic rings. The van der Waals surface area contributed by atoms with Gasteiger partial charge in [0.05, 0.1) is 13.2 Å². The van der Waals surface area contributed by atoms with Crippen LogP contribution in [-0.2, 0) is 6.54 Å². The number of para-hydroxylation sites is 1. The average Bonchev–Trinajstić information content (AvgIpc) is 2.61. The summed E-state index contributed by atoms with van der Waals surface area (Å²) < 4.78 is 19.7. The van der Waals surface area contributed by atoms with Crippen LogP contribution < -0.4 is 15.4 Å². The molecule has 5 heteroatoms. The topological polar surface area (TPSA) is 33.3 Å². The molecule has 1 fully saturated rings. The van der Waals surface area contributed by atoms with Crippen LogP contribution in [0, 0.1) is 5.82 Å². The quantitative estimate of drug-likeness (QED) is 0.854. The van der Waals surface area contributed by atoms with Crippen LogP contribution in [-0.4, -0.2) is 19.7 Å². The van der Waals surface area contributed by atoms with Crippen LogP contribution in [0.2, 0.25) is 5.02 Å². The first-order valence-electron chi connectivity index (χ1n) is 8.23. The number of halogens is 2. The van der Waals surface area contributed by atoms with Crippen LogP contribution in [0.3, 0.4) is 0 Å². The third-order valence-corrected chi connectivity index (χ3v) is 4.85. The molecule has 24 heavy (non-hydrogen) atoms. The third-order valence-electron chi connectivity index (χ3n) is 4.52. The van der Waals surface area contributed by atoms with Gasteiger partial charge in [-0.3, -0.25) is 0 Å². The van der Waals surface area contributed by atoms with Crippen LogP contribution in [0.5, 0.6) is 5.75 Å². The maximum Gasteiger partial charge on any atom is 0.129 e. The number of methoxy groups -OCH3 is 1. The standard InChI is InChI=1S/C19H22ClFN2O/c1-24-17-10-3-2-6-13(17)12-23-16-9-5-11-22-19(16)18-14(20)7-4-8-15(18)21/h2-4,6-8,10,16,19,22-23H,5,9,11-12H2,1H3/t16-,19+/m1/s1. The minimum absolute atomic E-state index is 0.109. The molecule has 2 atom stereocenters. The number of hydrogen-bond donors (Lipinski definition) is 2. The molecule has 0 saturated carbocycles. The number of piperidine rings is 1. The van der Waals surface area contributed by atoms with E-state index in [0.717, 1.165) is 30.7 Å². The van der Waals surface area contributed by atoms with E-state index in [1.165, 1.54) is 6.07 Å². The lowest BCUT2D eigenvalue weighted by Gasteiger charge is -2.34. The van der Waals surface area contributed by atoms with Gasteiger partial charge in [0.2, 0.25) is 0 Å². The summed E-state index contributed by atoms with van der Waals surface area (Å²) >= 11 is 6.27. The second-order valence-corrected chi connectivity index (χ2v) is 6.42. The first kappa shape index (κ1) is 17.2. The Balaban J connectivity index is 1.78. The largest absolute Gasteiger partial charge is 0.496 e. The molecule has 1 heterocycles. The smallest absolute Gasteiger partial charge is 0.129 e. The van der Waals surface area contributed by atoms with Crippen molar-refractivity contribution in [3.8, 4) is 5.75 Å². The Hall–Kier alpha value is -1.62. The fraction of sp³-hybridized carbons (Fsp3) is 0.368. The van der Waals surface area contributed by atoms with Gasteiger partial charge in [-0.15, -0.1) is 0 Å². The van der Waals surface area contributed by atoms with Crippen LogP contribution in [0.15, 0.2) is 42.5 Å². The molecule has 0 unspecified atom stereocenters. The van der Waals surface area contributed by atoms with E-state index in [0.29, 0.717) is 17.1 Å². The lowest BCUT2D eigenvalue weighted by Crippen LogP contribution is -2.46. The van der Waals surface area contributed by atoms with Crippen LogP contribution in [0.1, 0.15) is 30.0 Å². The fourth-order valence-electron chi connectivity index (χ4n) is 3.31. The van der Waals surface area contributed by atoms with Gasteiger partial charge in [-0.25, -0.2) is 4.39 Å². The highest BCUT2D eigenvalue weighted by atomic mass is 35.5. The molecule has 0 aromatic heterocycles. The molecular weight excluding hydrogens is 327 g/mol. The number of ether oxygens (including phenoxy) is 1. The highest BCUT2D eigenvalue weighted by Gasteiger charge is 2.29. The number of benzene rings is 2. The van der Waals surface area contributed by atoms with E-state index in [4.69, 9.17) is 16.3 Å². The van der Waals surface area contributed by atoms with Gasteiger partial charge in [-0.2, -0.15) is 0 Å². The van der Waals surface area contributed by atoms with Crippen molar-refractivity contribution in [1.82, 2.24) is 10.6 Å². The summed E-state index contributed by atoms with van der Waals surface area (Å²) in [7, 11) is 1.67. The molecule has 3 nitrogen and oxygen atoms in total. The molecule has 0 amide bonds. The maximum atomic E-state index is 14.3. The van der Waals surface area contributed by atoms with Crippen molar-refractivity contribution in [2.75, 3.05) is 13.7 Å². The van der Waals surface area contributed by atoms with E-state index in [1.54, 1.807) is 19.2 Å². The van der Waals surface area contributed by atoms with E-state index in [1.807, 2.05) is 24.3 Å². The predicted molar refractivity (Wildman–Crippen MR) is 95.0 cm³/mol. The minimum Gasteiger partial charge on any atom is -0.496 e. The number of hydrogen-bond acceptors (Lipinski definition) is 3. The Morgan fingerprint density at radius 3 is 2.88 bits per heavy atom. The average molecular weight is 349 g/mol. The van der Waals surface area contributed by atoms with Gasteiger partial charge < -0.3 is 15.4 Å². The van der Waals surface area contributed by atoms with E-state index in [9.17, 15) is 4.39 Å². The molecule has 2 aromatic rings. The number of nitrogens with one attached hydrogen (secondary N) is 2. The zero-order chi connectivity index (χ0) is 16.9. The first-order chi connectivity index (χ1) is 11.7. The Labute approximate surface area is 147 Å². The monoisotopic (exact) mass is 348 g/mol. The Morgan fingerprint density at radius 2 is 2.08 bits per heavy atom. The first-order valence-corrected chi connectivity index (χ1v) is 8.61. The van der Waals surface area contributed by atoms with Crippen molar-refractivity contribution in [2.45, 2.75) is 31.5 Å². The van der Waals surface area contributed by atoms with Gasteiger partial charge in [0.1, 0.15) is 11.6 Å². The van der Waals surface area contributed by atoms with E-state index in [-0.39, 0.29) is 17.9 Å². The SMILES string of the molecule is COc1ccccc1CN[C@@H]1CCCN[C@@H]1c1c(F)cccc1Cl. The van der Waals surface area contributed by atoms with Gasteiger partial charge in [-0.1, -0.05) is 35.9 Å². The van der Waals surface area contributed by atoms with Gasteiger partial charge in [0.15, 0.2) is 0 Å². The Kier molecular flexibility index (Phi) is 5.72. The second-order valence-electron chi connectivity index (χ2n) is 6.01. The zero-order valence-corrected chi connectivity index (χ0v) is 14.4. The van der Waals surface area contributed by atoms with Gasteiger partial charge >= 0.3 is 0 Å². The molecule has 1 saturated heterocycles. The predicted octanol–water partition coefficient (Wildman–Crippen LogP) is 4.07. The molecule has 2 N–H and O–H groups in total. The van der Waals surface area contributed by atoms with Crippen LogP contribution in [0.25, 0.3) is 0 Å². The van der Waals surface area contributed by atoms with Crippen molar-refractivity contribution in [3.05, 3.63) is 64.4 Å². The van der Waals surface area contributed by atoms with Crippen LogP contribution in [0.4, 0.5) is 4.39 Å². The summed E-state index contributed by atoms with van der Waals surface area (Å²) in [5.74, 6) is 0.597. The lowest BCUT2D eigenvalue weighted by molar-refractivity contribution is 0.297. The summed E-state index contributed by atoms with van der Waals surface area (Å²) in [6, 6.07) is 12.7. The molecular formula is C19H22ClFN2O. The Bertz CT molecular complexity index is 675. The minimum atomic E-state index is -0.258. The van der Waals surface area contributed by atoms with Crippen molar-refractivity contribution in [1.29, 1.82) is 0 Å². The molecule has 0 radical (unpaired) electrons. The summed E-state index contributed by atoms with van der Waals surface area (Å²) in [6.07, 6.45) is 2.02. The third kappa shape index (κ3) is 3.72. The number of rotatable bonds is 5. The summed E-state index contributed by atoms with van der Waals surface area (Å²) in [6.45, 7) is 1.53. The van der Waals surface area contributed by atoms with Crippen molar-refractivity contribution < 1.29 is 9.13 Å². The zero-order valence-electron chi connectivity index (χ0n) is 13.7.